The standard InChI is InChI=1S/C7H5N3O3/c11-4-5-6(12)3-8-10(5)7-1-2-13-9-7/h1-4,12H. The van der Waals surface area contributed by atoms with Gasteiger partial charge in [0.15, 0.2) is 23.5 Å². The summed E-state index contributed by atoms with van der Waals surface area (Å²) in [6.07, 6.45) is 3.01. The third-order valence-corrected chi connectivity index (χ3v) is 1.54. The Kier molecular flexibility index (Phi) is 1.59. The van der Waals surface area contributed by atoms with Gasteiger partial charge in [-0.25, -0.2) is 4.68 Å². The van der Waals surface area contributed by atoms with Crippen molar-refractivity contribution < 1.29 is 14.4 Å². The van der Waals surface area contributed by atoms with E-state index in [2.05, 4.69) is 14.8 Å². The summed E-state index contributed by atoms with van der Waals surface area (Å²) < 4.78 is 5.76. The second kappa shape index (κ2) is 2.74. The fraction of sp³-hybridized carbons (Fsp3) is 0. The molecule has 0 spiro atoms. The monoisotopic (exact) mass is 179 g/mol. The Morgan fingerprint density at radius 2 is 2.46 bits per heavy atom. The van der Waals surface area contributed by atoms with Gasteiger partial charge in [-0.1, -0.05) is 5.16 Å². The first-order chi connectivity index (χ1) is 6.33. The molecule has 66 valence electrons. The van der Waals surface area contributed by atoms with Gasteiger partial charge in [0.25, 0.3) is 0 Å². The lowest BCUT2D eigenvalue weighted by Gasteiger charge is -1.95. The average Bonchev–Trinajstić information content (AvgIpc) is 2.71. The van der Waals surface area contributed by atoms with E-state index in [-0.39, 0.29) is 11.4 Å². The molecular weight excluding hydrogens is 174 g/mol. The summed E-state index contributed by atoms with van der Waals surface area (Å²) in [5, 5.41) is 16.5. The molecule has 0 bridgehead atoms. The van der Waals surface area contributed by atoms with Crippen LogP contribution in [0.1, 0.15) is 10.5 Å². The van der Waals surface area contributed by atoms with Crippen molar-refractivity contribution in [3.05, 3.63) is 24.2 Å². The zero-order valence-electron chi connectivity index (χ0n) is 6.41. The summed E-state index contributed by atoms with van der Waals surface area (Å²) in [6.45, 7) is 0. The highest BCUT2D eigenvalue weighted by atomic mass is 16.5. The molecule has 0 fully saturated rings. The van der Waals surface area contributed by atoms with Crippen LogP contribution >= 0.6 is 0 Å². The van der Waals surface area contributed by atoms with Crippen molar-refractivity contribution >= 4 is 6.29 Å². The molecule has 6 nitrogen and oxygen atoms in total. The maximum absolute atomic E-state index is 10.5. The first-order valence-corrected chi connectivity index (χ1v) is 3.46. The largest absolute Gasteiger partial charge is 0.504 e. The van der Waals surface area contributed by atoms with E-state index in [1.807, 2.05) is 0 Å². The number of aromatic nitrogens is 3. The Morgan fingerprint density at radius 1 is 1.62 bits per heavy atom. The minimum atomic E-state index is -0.182. The van der Waals surface area contributed by atoms with Crippen LogP contribution in [0.4, 0.5) is 0 Å². The van der Waals surface area contributed by atoms with Gasteiger partial charge in [-0.05, 0) is 0 Å². The summed E-state index contributed by atoms with van der Waals surface area (Å²) in [6, 6.07) is 1.53. The number of hydrogen-bond acceptors (Lipinski definition) is 5. The van der Waals surface area contributed by atoms with E-state index in [0.717, 1.165) is 0 Å². The predicted octanol–water partition coefficient (Wildman–Crippen LogP) is 0.378. The van der Waals surface area contributed by atoms with Gasteiger partial charge in [0.05, 0.1) is 6.20 Å². The van der Waals surface area contributed by atoms with E-state index in [0.29, 0.717) is 12.1 Å². The molecule has 0 unspecified atom stereocenters. The molecule has 2 aromatic rings. The molecule has 0 radical (unpaired) electrons. The van der Waals surface area contributed by atoms with Crippen molar-refractivity contribution in [3.63, 3.8) is 0 Å². The Hall–Kier alpha value is -2.11. The molecule has 0 atom stereocenters. The lowest BCUT2D eigenvalue weighted by molar-refractivity contribution is 0.111. The van der Waals surface area contributed by atoms with Crippen molar-refractivity contribution in [2.75, 3.05) is 0 Å². The minimum Gasteiger partial charge on any atom is -0.504 e. The highest BCUT2D eigenvalue weighted by molar-refractivity contribution is 5.77. The number of aldehydes is 1. The van der Waals surface area contributed by atoms with Gasteiger partial charge < -0.3 is 9.63 Å². The van der Waals surface area contributed by atoms with Crippen LogP contribution in [0.2, 0.25) is 0 Å². The van der Waals surface area contributed by atoms with Crippen LogP contribution in [0.25, 0.3) is 5.82 Å². The lowest BCUT2D eigenvalue weighted by Crippen LogP contribution is -2.00. The molecular formula is C7H5N3O3. The van der Waals surface area contributed by atoms with Gasteiger partial charge in [-0.2, -0.15) is 5.10 Å². The van der Waals surface area contributed by atoms with Gasteiger partial charge in [-0.15, -0.1) is 0 Å². The normalized spacial score (nSPS) is 10.2. The van der Waals surface area contributed by atoms with Gasteiger partial charge in [-0.3, -0.25) is 4.79 Å². The van der Waals surface area contributed by atoms with E-state index >= 15 is 0 Å². The molecule has 0 amide bonds. The lowest BCUT2D eigenvalue weighted by atomic mass is 10.4. The van der Waals surface area contributed by atoms with Crippen LogP contribution in [-0.4, -0.2) is 26.3 Å². The second-order valence-electron chi connectivity index (χ2n) is 2.30. The number of nitrogens with zero attached hydrogens (tertiary/aromatic N) is 3. The maximum Gasteiger partial charge on any atom is 0.197 e. The van der Waals surface area contributed by atoms with Crippen LogP contribution in [0.15, 0.2) is 23.0 Å². The Bertz CT molecular complexity index is 418. The zero-order valence-corrected chi connectivity index (χ0v) is 6.41. The number of hydrogen-bond donors (Lipinski definition) is 1. The molecule has 2 rings (SSSR count). The molecule has 0 saturated heterocycles. The van der Waals surface area contributed by atoms with Gasteiger partial charge >= 0.3 is 0 Å². The Balaban J connectivity index is 2.58. The highest BCUT2D eigenvalue weighted by Gasteiger charge is 2.11. The first-order valence-electron chi connectivity index (χ1n) is 3.46. The number of aromatic hydroxyl groups is 1. The van der Waals surface area contributed by atoms with Crippen molar-refractivity contribution in [2.24, 2.45) is 0 Å². The summed E-state index contributed by atoms with van der Waals surface area (Å²) in [5.41, 5.74) is 0.0499. The van der Waals surface area contributed by atoms with Crippen LogP contribution in [0.3, 0.4) is 0 Å². The molecule has 0 saturated carbocycles. The number of carbonyl (C=O) groups is 1. The van der Waals surface area contributed by atoms with E-state index in [9.17, 15) is 4.79 Å². The first kappa shape index (κ1) is 7.53. The van der Waals surface area contributed by atoms with E-state index in [4.69, 9.17) is 5.11 Å². The van der Waals surface area contributed by atoms with Crippen molar-refractivity contribution in [2.45, 2.75) is 0 Å². The summed E-state index contributed by atoms with van der Waals surface area (Å²) in [4.78, 5) is 10.5. The van der Waals surface area contributed by atoms with Crippen LogP contribution in [0.5, 0.6) is 5.75 Å². The SMILES string of the molecule is O=Cc1c(O)cnn1-c1ccon1. The van der Waals surface area contributed by atoms with Gasteiger partial charge in [0, 0.05) is 6.07 Å². The van der Waals surface area contributed by atoms with Crippen LogP contribution in [0, 0.1) is 0 Å². The highest BCUT2D eigenvalue weighted by Crippen LogP contribution is 2.16. The van der Waals surface area contributed by atoms with Gasteiger partial charge in [0.1, 0.15) is 6.26 Å². The Morgan fingerprint density at radius 3 is 3.08 bits per heavy atom. The molecule has 1 N–H and O–H groups in total. The van der Waals surface area contributed by atoms with Crippen LogP contribution in [-0.2, 0) is 0 Å². The van der Waals surface area contributed by atoms with Gasteiger partial charge in [0.2, 0.25) is 0 Å². The second-order valence-corrected chi connectivity index (χ2v) is 2.30. The van der Waals surface area contributed by atoms with Crippen molar-refractivity contribution in [1.29, 1.82) is 0 Å². The topological polar surface area (TPSA) is 81.1 Å². The summed E-state index contributed by atoms with van der Waals surface area (Å²) >= 11 is 0. The molecule has 2 heterocycles. The molecule has 13 heavy (non-hydrogen) atoms. The van der Waals surface area contributed by atoms with Crippen molar-refractivity contribution in [1.82, 2.24) is 14.9 Å². The zero-order chi connectivity index (χ0) is 9.26. The van der Waals surface area contributed by atoms with Crippen molar-refractivity contribution in [3.8, 4) is 11.6 Å². The fourth-order valence-corrected chi connectivity index (χ4v) is 0.958. The molecule has 2 aromatic heterocycles. The summed E-state index contributed by atoms with van der Waals surface area (Å²) in [7, 11) is 0. The molecule has 6 heteroatoms. The average molecular weight is 179 g/mol. The van der Waals surface area contributed by atoms with E-state index < -0.39 is 0 Å². The quantitative estimate of drug-likeness (QED) is 0.674. The summed E-state index contributed by atoms with van der Waals surface area (Å²) in [5.74, 6) is 0.167. The molecule has 0 aliphatic heterocycles. The van der Waals surface area contributed by atoms with E-state index in [1.165, 1.54) is 23.2 Å². The number of carbonyl (C=O) groups excluding carboxylic acids is 1. The third kappa shape index (κ3) is 1.08. The maximum atomic E-state index is 10.5. The number of rotatable bonds is 2. The fourth-order valence-electron chi connectivity index (χ4n) is 0.958. The molecule has 0 aromatic carbocycles. The molecule has 0 aliphatic carbocycles. The predicted molar refractivity (Wildman–Crippen MR) is 40.7 cm³/mol. The smallest absolute Gasteiger partial charge is 0.197 e. The Labute approximate surface area is 72.4 Å². The minimum absolute atomic E-state index is 0.0499. The third-order valence-electron chi connectivity index (χ3n) is 1.54. The van der Waals surface area contributed by atoms with E-state index in [1.54, 1.807) is 0 Å². The van der Waals surface area contributed by atoms with Crippen LogP contribution < -0.4 is 0 Å². The molecule has 0 aliphatic rings.